The largest absolute Gasteiger partial charge is 0.317 e. The molecule has 88 valence electrons. The Balaban J connectivity index is 1.83. The molecule has 0 aliphatic heterocycles. The van der Waals surface area contributed by atoms with E-state index >= 15 is 0 Å². The Morgan fingerprint density at radius 2 is 1.81 bits per heavy atom. The van der Waals surface area contributed by atoms with Crippen LogP contribution in [0, 0.1) is 5.92 Å². The van der Waals surface area contributed by atoms with Crippen LogP contribution in [-0.4, -0.2) is 13.1 Å². The molecule has 1 aromatic rings. The Morgan fingerprint density at radius 3 is 2.31 bits per heavy atom. The Hall–Kier alpha value is -0.820. The third kappa shape index (κ3) is 3.08. The molecule has 0 saturated heterocycles. The van der Waals surface area contributed by atoms with Gasteiger partial charge in [0, 0.05) is 6.04 Å². The molecule has 1 nitrogen and oxygen atoms in total. The van der Waals surface area contributed by atoms with E-state index in [2.05, 4.69) is 43.6 Å². The van der Waals surface area contributed by atoms with Gasteiger partial charge in [0.05, 0.1) is 0 Å². The lowest BCUT2D eigenvalue weighted by Crippen LogP contribution is -2.27. The van der Waals surface area contributed by atoms with Crippen LogP contribution < -0.4 is 5.32 Å². The van der Waals surface area contributed by atoms with E-state index in [1.807, 2.05) is 0 Å². The van der Waals surface area contributed by atoms with E-state index in [1.54, 1.807) is 0 Å². The zero-order chi connectivity index (χ0) is 11.4. The summed E-state index contributed by atoms with van der Waals surface area (Å²) in [4.78, 5) is 0. The summed E-state index contributed by atoms with van der Waals surface area (Å²) in [5.41, 5.74) is 2.93. The molecule has 1 aliphatic rings. The second-order valence-electron chi connectivity index (χ2n) is 4.94. The van der Waals surface area contributed by atoms with Crippen molar-refractivity contribution in [1.29, 1.82) is 0 Å². The van der Waals surface area contributed by atoms with Crippen molar-refractivity contribution in [3.63, 3.8) is 0 Å². The monoisotopic (exact) mass is 217 g/mol. The van der Waals surface area contributed by atoms with Crippen molar-refractivity contribution in [3.8, 4) is 0 Å². The van der Waals surface area contributed by atoms with Gasteiger partial charge in [0.15, 0.2) is 0 Å². The van der Waals surface area contributed by atoms with Gasteiger partial charge in [-0.25, -0.2) is 0 Å². The quantitative estimate of drug-likeness (QED) is 0.771. The third-order valence-corrected chi connectivity index (χ3v) is 3.74. The van der Waals surface area contributed by atoms with Crippen LogP contribution in [-0.2, 0) is 12.8 Å². The Kier molecular flexibility index (Phi) is 4.00. The molecular weight excluding hydrogens is 194 g/mol. The summed E-state index contributed by atoms with van der Waals surface area (Å²) < 4.78 is 0. The van der Waals surface area contributed by atoms with Gasteiger partial charge in [-0.3, -0.25) is 0 Å². The number of benzene rings is 1. The summed E-state index contributed by atoms with van der Waals surface area (Å²) in [5.74, 6) is 0.958. The second-order valence-corrected chi connectivity index (χ2v) is 4.94. The van der Waals surface area contributed by atoms with E-state index in [9.17, 15) is 0 Å². The van der Waals surface area contributed by atoms with Gasteiger partial charge in [0.25, 0.3) is 0 Å². The number of hydrogen-bond acceptors (Lipinski definition) is 1. The molecule has 0 heterocycles. The molecule has 0 bridgehead atoms. The molecular formula is C15H23N. The molecule has 0 spiro atoms. The van der Waals surface area contributed by atoms with E-state index in [-0.39, 0.29) is 0 Å². The number of aryl methyl sites for hydroxylation is 2. The predicted molar refractivity (Wildman–Crippen MR) is 69.7 cm³/mol. The van der Waals surface area contributed by atoms with Crippen LogP contribution in [0.5, 0.6) is 0 Å². The molecule has 1 heteroatoms. The standard InChI is InChI=1S/C15H23N/c1-3-12-4-6-13(7-5-12)8-11-15(16-2)14-9-10-14/h4-7,14-16H,3,8-11H2,1-2H3. The first-order chi connectivity index (χ1) is 7.83. The van der Waals surface area contributed by atoms with Crippen LogP contribution in [0.1, 0.15) is 37.3 Å². The van der Waals surface area contributed by atoms with Gasteiger partial charge in [-0.2, -0.15) is 0 Å². The average molecular weight is 217 g/mol. The topological polar surface area (TPSA) is 12.0 Å². The lowest BCUT2D eigenvalue weighted by molar-refractivity contribution is 0.470. The number of rotatable bonds is 6. The SMILES string of the molecule is CCc1ccc(CCC(NC)C2CC2)cc1. The molecule has 1 N–H and O–H groups in total. The summed E-state index contributed by atoms with van der Waals surface area (Å²) in [6, 6.07) is 9.85. The maximum atomic E-state index is 3.46. The van der Waals surface area contributed by atoms with Gasteiger partial charge < -0.3 is 5.32 Å². The fraction of sp³-hybridized carbons (Fsp3) is 0.600. The second kappa shape index (κ2) is 5.49. The van der Waals surface area contributed by atoms with Crippen LogP contribution in [0.2, 0.25) is 0 Å². The van der Waals surface area contributed by atoms with E-state index in [1.165, 1.54) is 36.8 Å². The van der Waals surface area contributed by atoms with Gasteiger partial charge in [0.1, 0.15) is 0 Å². The molecule has 16 heavy (non-hydrogen) atoms. The summed E-state index contributed by atoms with van der Waals surface area (Å²) in [7, 11) is 2.10. The molecule has 0 radical (unpaired) electrons. The zero-order valence-corrected chi connectivity index (χ0v) is 10.5. The maximum absolute atomic E-state index is 3.46. The van der Waals surface area contributed by atoms with Gasteiger partial charge in [0.2, 0.25) is 0 Å². The first-order valence-electron chi connectivity index (χ1n) is 6.58. The van der Waals surface area contributed by atoms with Crippen LogP contribution in [0.15, 0.2) is 24.3 Å². The van der Waals surface area contributed by atoms with Crippen molar-refractivity contribution < 1.29 is 0 Å². The number of nitrogens with one attached hydrogen (secondary N) is 1. The normalized spacial score (nSPS) is 17.4. The van der Waals surface area contributed by atoms with Gasteiger partial charge in [-0.1, -0.05) is 31.2 Å². The smallest absolute Gasteiger partial charge is 0.00954 e. The Morgan fingerprint density at radius 1 is 1.19 bits per heavy atom. The lowest BCUT2D eigenvalue weighted by Gasteiger charge is -2.15. The summed E-state index contributed by atoms with van der Waals surface area (Å²) in [5, 5.41) is 3.46. The zero-order valence-electron chi connectivity index (χ0n) is 10.5. The summed E-state index contributed by atoms with van der Waals surface area (Å²) in [6.45, 7) is 2.21. The van der Waals surface area contributed by atoms with Crippen molar-refractivity contribution in [2.75, 3.05) is 7.05 Å². The minimum Gasteiger partial charge on any atom is -0.317 e. The van der Waals surface area contributed by atoms with E-state index in [4.69, 9.17) is 0 Å². The Labute approximate surface area is 99.3 Å². The molecule has 1 unspecified atom stereocenters. The fourth-order valence-electron chi connectivity index (χ4n) is 2.38. The molecule has 1 aliphatic carbocycles. The predicted octanol–water partition coefficient (Wildman–Crippen LogP) is 3.18. The van der Waals surface area contributed by atoms with Crippen molar-refractivity contribution in [3.05, 3.63) is 35.4 Å². The molecule has 1 aromatic carbocycles. The van der Waals surface area contributed by atoms with E-state index in [0.29, 0.717) is 0 Å². The first kappa shape index (κ1) is 11.7. The van der Waals surface area contributed by atoms with Crippen LogP contribution >= 0.6 is 0 Å². The average Bonchev–Trinajstić information content (AvgIpc) is 3.15. The van der Waals surface area contributed by atoms with Crippen molar-refractivity contribution >= 4 is 0 Å². The first-order valence-corrected chi connectivity index (χ1v) is 6.58. The highest BCUT2D eigenvalue weighted by Gasteiger charge is 2.29. The molecule has 1 fully saturated rings. The van der Waals surface area contributed by atoms with Crippen LogP contribution in [0.25, 0.3) is 0 Å². The fourth-order valence-corrected chi connectivity index (χ4v) is 2.38. The minimum atomic E-state index is 0.742. The van der Waals surface area contributed by atoms with Gasteiger partial charge in [-0.15, -0.1) is 0 Å². The maximum Gasteiger partial charge on any atom is 0.00954 e. The third-order valence-electron chi connectivity index (χ3n) is 3.74. The molecule has 1 atom stereocenters. The Bertz CT molecular complexity index is 311. The van der Waals surface area contributed by atoms with E-state index < -0.39 is 0 Å². The highest BCUT2D eigenvalue weighted by Crippen LogP contribution is 2.34. The van der Waals surface area contributed by atoms with Crippen LogP contribution in [0.3, 0.4) is 0 Å². The van der Waals surface area contributed by atoms with Crippen molar-refractivity contribution in [1.82, 2.24) is 5.32 Å². The minimum absolute atomic E-state index is 0.742. The van der Waals surface area contributed by atoms with Crippen molar-refractivity contribution in [2.45, 2.75) is 45.1 Å². The summed E-state index contributed by atoms with van der Waals surface area (Å²) >= 11 is 0. The lowest BCUT2D eigenvalue weighted by atomic mass is 10.0. The van der Waals surface area contributed by atoms with E-state index in [0.717, 1.165) is 18.4 Å². The molecule has 0 aromatic heterocycles. The molecule has 0 amide bonds. The number of hydrogen-bond donors (Lipinski definition) is 1. The van der Waals surface area contributed by atoms with Gasteiger partial charge >= 0.3 is 0 Å². The van der Waals surface area contributed by atoms with Crippen molar-refractivity contribution in [2.24, 2.45) is 5.92 Å². The molecule has 2 rings (SSSR count). The molecule has 1 saturated carbocycles. The highest BCUT2D eigenvalue weighted by molar-refractivity contribution is 5.22. The van der Waals surface area contributed by atoms with Crippen LogP contribution in [0.4, 0.5) is 0 Å². The summed E-state index contributed by atoms with van der Waals surface area (Å²) in [6.07, 6.45) is 6.50. The highest BCUT2D eigenvalue weighted by atomic mass is 14.9. The van der Waals surface area contributed by atoms with Gasteiger partial charge in [-0.05, 0) is 56.2 Å².